The highest BCUT2D eigenvalue weighted by molar-refractivity contribution is 4.90. The first-order valence-electron chi connectivity index (χ1n) is 8.35. The second-order valence-corrected chi connectivity index (χ2v) is 6.79. The van der Waals surface area contributed by atoms with Crippen molar-refractivity contribution >= 4 is 0 Å². The number of aliphatic hydroxyl groups excluding tert-OH is 1. The van der Waals surface area contributed by atoms with Crippen molar-refractivity contribution in [1.29, 1.82) is 0 Å². The molecule has 1 aliphatic carbocycles. The minimum atomic E-state index is 0.330. The minimum Gasteiger partial charge on any atom is -0.396 e. The zero-order valence-corrected chi connectivity index (χ0v) is 13.1. The lowest BCUT2D eigenvalue weighted by Crippen LogP contribution is -2.47. The molecule has 2 fully saturated rings. The van der Waals surface area contributed by atoms with Gasteiger partial charge in [0.05, 0.1) is 0 Å². The molecule has 0 spiro atoms. The molecule has 1 heterocycles. The summed E-state index contributed by atoms with van der Waals surface area (Å²) in [5.74, 6) is 0. The number of unbranched alkanes of at least 4 members (excludes halogenated alkanes) is 2. The summed E-state index contributed by atoms with van der Waals surface area (Å²) in [6, 6.07) is 0.796. The Morgan fingerprint density at radius 1 is 1.20 bits per heavy atom. The molecule has 2 rings (SSSR count). The van der Waals surface area contributed by atoms with Crippen molar-refractivity contribution in [3.05, 3.63) is 0 Å². The number of aliphatic hydroxyl groups is 1. The predicted molar refractivity (Wildman–Crippen MR) is 81.9 cm³/mol. The summed E-state index contributed by atoms with van der Waals surface area (Å²) in [7, 11) is 2.24. The zero-order valence-electron chi connectivity index (χ0n) is 13.1. The second-order valence-electron chi connectivity index (χ2n) is 6.79. The SMILES string of the molecule is CN(CCCCCO)CC1(CNC2CC2)CCOCC1. The molecule has 0 radical (unpaired) electrons. The van der Waals surface area contributed by atoms with Gasteiger partial charge in [-0.1, -0.05) is 0 Å². The maximum Gasteiger partial charge on any atom is 0.0472 e. The molecule has 0 unspecified atom stereocenters. The summed E-state index contributed by atoms with van der Waals surface area (Å²) in [6.45, 7) is 5.65. The van der Waals surface area contributed by atoms with Gasteiger partial charge < -0.3 is 20.1 Å². The van der Waals surface area contributed by atoms with E-state index >= 15 is 0 Å². The number of nitrogens with one attached hydrogen (secondary N) is 1. The minimum absolute atomic E-state index is 0.330. The van der Waals surface area contributed by atoms with Crippen molar-refractivity contribution in [3.8, 4) is 0 Å². The van der Waals surface area contributed by atoms with Crippen LogP contribution >= 0.6 is 0 Å². The van der Waals surface area contributed by atoms with Crippen LogP contribution in [0.1, 0.15) is 44.9 Å². The van der Waals surface area contributed by atoms with Crippen LogP contribution in [-0.4, -0.2) is 62.6 Å². The molecular formula is C16H32N2O2. The highest BCUT2D eigenvalue weighted by Gasteiger charge is 2.35. The largest absolute Gasteiger partial charge is 0.396 e. The Morgan fingerprint density at radius 3 is 2.60 bits per heavy atom. The molecule has 2 N–H and O–H groups in total. The summed E-state index contributed by atoms with van der Waals surface area (Å²) in [6.07, 6.45) is 8.38. The van der Waals surface area contributed by atoms with Crippen LogP contribution < -0.4 is 5.32 Å². The fourth-order valence-electron chi connectivity index (χ4n) is 3.17. The number of ether oxygens (including phenoxy) is 1. The van der Waals surface area contributed by atoms with Crippen molar-refractivity contribution in [2.45, 2.75) is 51.0 Å². The molecule has 4 nitrogen and oxygen atoms in total. The molecule has 2 aliphatic rings. The molecule has 0 aromatic carbocycles. The van der Waals surface area contributed by atoms with Gasteiger partial charge in [0.25, 0.3) is 0 Å². The van der Waals surface area contributed by atoms with Crippen LogP contribution in [0.15, 0.2) is 0 Å². The van der Waals surface area contributed by atoms with Crippen LogP contribution in [0.3, 0.4) is 0 Å². The van der Waals surface area contributed by atoms with Crippen molar-refractivity contribution in [3.63, 3.8) is 0 Å². The molecule has 0 bridgehead atoms. The quantitative estimate of drug-likeness (QED) is 0.599. The van der Waals surface area contributed by atoms with Gasteiger partial charge in [0.1, 0.15) is 0 Å². The van der Waals surface area contributed by atoms with E-state index in [1.165, 1.54) is 38.6 Å². The first kappa shape index (κ1) is 16.2. The van der Waals surface area contributed by atoms with Gasteiger partial charge in [0.15, 0.2) is 0 Å². The number of rotatable bonds is 10. The summed E-state index contributed by atoms with van der Waals surface area (Å²) in [5.41, 5.74) is 0.409. The Hall–Kier alpha value is -0.160. The molecule has 0 amide bonds. The van der Waals surface area contributed by atoms with E-state index in [-0.39, 0.29) is 0 Å². The first-order valence-corrected chi connectivity index (χ1v) is 8.35. The Balaban J connectivity index is 1.73. The third kappa shape index (κ3) is 5.68. The molecule has 1 saturated heterocycles. The first-order chi connectivity index (χ1) is 9.74. The van der Waals surface area contributed by atoms with E-state index in [2.05, 4.69) is 17.3 Å². The second kappa shape index (κ2) is 8.32. The lowest BCUT2D eigenvalue weighted by molar-refractivity contribution is -0.000968. The average molecular weight is 284 g/mol. The van der Waals surface area contributed by atoms with Crippen LogP contribution in [0.4, 0.5) is 0 Å². The lowest BCUT2D eigenvalue weighted by Gasteiger charge is -2.40. The van der Waals surface area contributed by atoms with Crippen molar-refractivity contribution < 1.29 is 9.84 Å². The van der Waals surface area contributed by atoms with Crippen LogP contribution in [0, 0.1) is 5.41 Å². The van der Waals surface area contributed by atoms with Gasteiger partial charge in [0.2, 0.25) is 0 Å². The molecule has 1 aliphatic heterocycles. The van der Waals surface area contributed by atoms with Crippen LogP contribution in [0.25, 0.3) is 0 Å². The maximum absolute atomic E-state index is 8.83. The van der Waals surface area contributed by atoms with Gasteiger partial charge >= 0.3 is 0 Å². The third-order valence-electron chi connectivity index (χ3n) is 4.70. The van der Waals surface area contributed by atoms with Crippen molar-refractivity contribution in [2.75, 3.05) is 46.5 Å². The fourth-order valence-corrected chi connectivity index (χ4v) is 3.17. The smallest absolute Gasteiger partial charge is 0.0472 e. The van der Waals surface area contributed by atoms with Crippen molar-refractivity contribution in [1.82, 2.24) is 10.2 Å². The van der Waals surface area contributed by atoms with E-state index in [1.807, 2.05) is 0 Å². The van der Waals surface area contributed by atoms with E-state index in [0.29, 0.717) is 12.0 Å². The van der Waals surface area contributed by atoms with Crippen molar-refractivity contribution in [2.24, 2.45) is 5.41 Å². The molecule has 118 valence electrons. The van der Waals surface area contributed by atoms with E-state index < -0.39 is 0 Å². The Morgan fingerprint density at radius 2 is 1.95 bits per heavy atom. The van der Waals surface area contributed by atoms with E-state index in [9.17, 15) is 0 Å². The molecule has 20 heavy (non-hydrogen) atoms. The molecule has 0 aromatic rings. The standard InChI is InChI=1S/C16H32N2O2/c1-18(9-3-2-4-10-19)14-16(7-11-20-12-8-16)13-17-15-5-6-15/h15,17,19H,2-14H2,1H3. The van der Waals surface area contributed by atoms with Crippen LogP contribution in [0.2, 0.25) is 0 Å². The van der Waals surface area contributed by atoms with Gasteiger partial charge in [-0.05, 0) is 64.0 Å². The Bertz CT molecular complexity index is 263. The van der Waals surface area contributed by atoms with Gasteiger partial charge in [-0.2, -0.15) is 0 Å². The third-order valence-corrected chi connectivity index (χ3v) is 4.70. The van der Waals surface area contributed by atoms with Gasteiger partial charge in [-0.15, -0.1) is 0 Å². The molecular weight excluding hydrogens is 252 g/mol. The summed E-state index contributed by atoms with van der Waals surface area (Å²) < 4.78 is 5.57. The molecule has 4 heteroatoms. The molecule has 0 aromatic heterocycles. The van der Waals surface area contributed by atoms with E-state index in [1.54, 1.807) is 0 Å². The van der Waals surface area contributed by atoms with Gasteiger partial charge in [-0.3, -0.25) is 0 Å². The van der Waals surface area contributed by atoms with Gasteiger partial charge in [0, 0.05) is 39.0 Å². The normalized spacial score (nSPS) is 22.4. The number of hydrogen-bond donors (Lipinski definition) is 2. The Kier molecular flexibility index (Phi) is 6.75. The highest BCUT2D eigenvalue weighted by Crippen LogP contribution is 2.32. The zero-order chi connectivity index (χ0) is 14.3. The number of nitrogens with zero attached hydrogens (tertiary/aromatic N) is 1. The summed E-state index contributed by atoms with van der Waals surface area (Å²) >= 11 is 0. The van der Waals surface area contributed by atoms with E-state index in [4.69, 9.17) is 9.84 Å². The molecule has 1 saturated carbocycles. The van der Waals surface area contributed by atoms with Crippen LogP contribution in [-0.2, 0) is 4.74 Å². The predicted octanol–water partition coefficient (Wildman–Crippen LogP) is 1.63. The average Bonchev–Trinajstić information content (AvgIpc) is 3.27. The maximum atomic E-state index is 8.83. The number of hydrogen-bond acceptors (Lipinski definition) is 4. The summed E-state index contributed by atoms with van der Waals surface area (Å²) in [4.78, 5) is 2.48. The molecule has 0 atom stereocenters. The van der Waals surface area contributed by atoms with E-state index in [0.717, 1.165) is 45.2 Å². The highest BCUT2D eigenvalue weighted by atomic mass is 16.5. The Labute approximate surface area is 123 Å². The monoisotopic (exact) mass is 284 g/mol. The topological polar surface area (TPSA) is 44.7 Å². The van der Waals surface area contributed by atoms with Crippen LogP contribution in [0.5, 0.6) is 0 Å². The fraction of sp³-hybridized carbons (Fsp3) is 1.00. The van der Waals surface area contributed by atoms with Gasteiger partial charge in [-0.25, -0.2) is 0 Å². The summed E-state index contributed by atoms with van der Waals surface area (Å²) in [5, 5.41) is 12.6. The lowest BCUT2D eigenvalue weighted by atomic mass is 9.79.